The van der Waals surface area contributed by atoms with E-state index in [2.05, 4.69) is 5.32 Å². The number of anilines is 1. The molecule has 0 radical (unpaired) electrons. The molecule has 0 aliphatic heterocycles. The molecule has 0 aromatic heterocycles. The summed E-state index contributed by atoms with van der Waals surface area (Å²) in [7, 11) is -4.07. The molecule has 3 rings (SSSR count). The van der Waals surface area contributed by atoms with Gasteiger partial charge in [-0.25, -0.2) is 8.42 Å². The molecule has 0 aliphatic rings. The van der Waals surface area contributed by atoms with Gasteiger partial charge in [-0.2, -0.15) is 0 Å². The molecule has 0 fully saturated rings. The van der Waals surface area contributed by atoms with Gasteiger partial charge in [0, 0.05) is 13.1 Å². The van der Waals surface area contributed by atoms with Gasteiger partial charge in [0.1, 0.15) is 12.6 Å². The molecule has 7 nitrogen and oxygen atoms in total. The smallest absolute Gasteiger partial charge is 0.264 e. The van der Waals surface area contributed by atoms with Gasteiger partial charge in [0.25, 0.3) is 10.0 Å². The number of benzene rings is 3. The molecule has 0 bridgehead atoms. The van der Waals surface area contributed by atoms with E-state index in [4.69, 9.17) is 0 Å². The highest BCUT2D eigenvalue weighted by atomic mass is 32.2. The van der Waals surface area contributed by atoms with Crippen molar-refractivity contribution in [2.45, 2.75) is 64.4 Å². The third-order valence-electron chi connectivity index (χ3n) is 6.72. The first-order valence-corrected chi connectivity index (χ1v) is 14.9. The summed E-state index contributed by atoms with van der Waals surface area (Å²) in [6.45, 7) is 8.02. The molecule has 1 N–H and O–H groups in total. The van der Waals surface area contributed by atoms with E-state index in [0.717, 1.165) is 33.8 Å². The minimum atomic E-state index is -4.07. The SMILES string of the molecule is CCCCNC(=O)C(CC)N(Cc1ccccc1C)C(=O)CN(c1cccc(C)c1)S(=O)(=O)c1ccccc1. The number of amides is 2. The Hall–Kier alpha value is -3.65. The zero-order chi connectivity index (χ0) is 28.4. The summed E-state index contributed by atoms with van der Waals surface area (Å²) in [6, 6.07) is 22.1. The van der Waals surface area contributed by atoms with Gasteiger partial charge in [0.15, 0.2) is 0 Å². The third kappa shape index (κ3) is 7.69. The summed E-state index contributed by atoms with van der Waals surface area (Å²) < 4.78 is 28.8. The summed E-state index contributed by atoms with van der Waals surface area (Å²) >= 11 is 0. The van der Waals surface area contributed by atoms with Crippen LogP contribution in [-0.2, 0) is 26.2 Å². The van der Waals surface area contributed by atoms with Gasteiger partial charge in [-0.05, 0) is 67.6 Å². The maximum absolute atomic E-state index is 14.1. The molecule has 8 heteroatoms. The van der Waals surface area contributed by atoms with Crippen LogP contribution in [0.3, 0.4) is 0 Å². The van der Waals surface area contributed by atoms with Gasteiger partial charge in [0.2, 0.25) is 11.8 Å². The zero-order valence-corrected chi connectivity index (χ0v) is 24.1. The van der Waals surface area contributed by atoms with Crippen LogP contribution in [0.2, 0.25) is 0 Å². The van der Waals surface area contributed by atoms with Gasteiger partial charge in [-0.3, -0.25) is 13.9 Å². The Bertz CT molecular complexity index is 1360. The van der Waals surface area contributed by atoms with Crippen LogP contribution >= 0.6 is 0 Å². The molecule has 0 saturated heterocycles. The van der Waals surface area contributed by atoms with Crippen molar-refractivity contribution in [3.8, 4) is 0 Å². The maximum atomic E-state index is 14.1. The van der Waals surface area contributed by atoms with Crippen LogP contribution in [-0.4, -0.2) is 44.3 Å². The van der Waals surface area contributed by atoms with Crippen molar-refractivity contribution >= 4 is 27.5 Å². The van der Waals surface area contributed by atoms with Gasteiger partial charge in [-0.15, -0.1) is 0 Å². The topological polar surface area (TPSA) is 86.8 Å². The van der Waals surface area contributed by atoms with E-state index < -0.39 is 28.5 Å². The third-order valence-corrected chi connectivity index (χ3v) is 8.51. The van der Waals surface area contributed by atoms with Crippen LogP contribution < -0.4 is 9.62 Å². The van der Waals surface area contributed by atoms with Crippen molar-refractivity contribution in [3.63, 3.8) is 0 Å². The number of carbonyl (C=O) groups is 2. The number of nitrogens with one attached hydrogen (secondary N) is 1. The Morgan fingerprint density at radius 3 is 2.23 bits per heavy atom. The second kappa shape index (κ2) is 13.9. The highest BCUT2D eigenvalue weighted by molar-refractivity contribution is 7.92. The number of hydrogen-bond donors (Lipinski definition) is 1. The van der Waals surface area contributed by atoms with Crippen LogP contribution in [0.4, 0.5) is 5.69 Å². The number of unbranched alkanes of at least 4 members (excludes halogenated alkanes) is 1. The molecule has 0 spiro atoms. The molecular weight excluding hydrogens is 510 g/mol. The number of aryl methyl sites for hydroxylation is 2. The average Bonchev–Trinajstić information content (AvgIpc) is 2.93. The van der Waals surface area contributed by atoms with Crippen molar-refractivity contribution in [3.05, 3.63) is 95.6 Å². The summed E-state index contributed by atoms with van der Waals surface area (Å²) in [6.07, 6.45) is 2.17. The lowest BCUT2D eigenvalue weighted by molar-refractivity contribution is -0.140. The van der Waals surface area contributed by atoms with Crippen LogP contribution in [0.1, 0.15) is 49.8 Å². The van der Waals surface area contributed by atoms with Crippen LogP contribution in [0.25, 0.3) is 0 Å². The fourth-order valence-corrected chi connectivity index (χ4v) is 5.86. The summed E-state index contributed by atoms with van der Waals surface area (Å²) in [4.78, 5) is 28.9. The Morgan fingerprint density at radius 1 is 0.897 bits per heavy atom. The largest absolute Gasteiger partial charge is 0.354 e. The first kappa shape index (κ1) is 29.9. The van der Waals surface area contributed by atoms with Crippen LogP contribution in [0.5, 0.6) is 0 Å². The molecule has 0 heterocycles. The fraction of sp³-hybridized carbons (Fsp3) is 0.355. The molecule has 208 valence electrons. The average molecular weight is 550 g/mol. The summed E-state index contributed by atoms with van der Waals surface area (Å²) in [5.74, 6) is -0.683. The standard InChI is InChI=1S/C31H39N3O4S/c1-5-7-20-32-31(36)29(6-2)33(22-26-16-12-11-15-25(26)4)30(35)23-34(27-17-13-14-24(3)21-27)39(37,38)28-18-9-8-10-19-28/h8-19,21,29H,5-7,20,22-23H2,1-4H3,(H,32,36). The van der Waals surface area contributed by atoms with Crippen molar-refractivity contribution in [2.24, 2.45) is 0 Å². The lowest BCUT2D eigenvalue weighted by Crippen LogP contribution is -2.52. The zero-order valence-electron chi connectivity index (χ0n) is 23.3. The molecule has 0 saturated carbocycles. The van der Waals surface area contributed by atoms with E-state index >= 15 is 0 Å². The molecule has 39 heavy (non-hydrogen) atoms. The Labute approximate surface area is 232 Å². The van der Waals surface area contributed by atoms with Gasteiger partial charge >= 0.3 is 0 Å². The van der Waals surface area contributed by atoms with E-state index in [1.165, 1.54) is 17.0 Å². The highest BCUT2D eigenvalue weighted by Crippen LogP contribution is 2.25. The first-order chi connectivity index (χ1) is 18.7. The van der Waals surface area contributed by atoms with E-state index in [1.807, 2.05) is 58.0 Å². The second-order valence-electron chi connectivity index (χ2n) is 9.68. The van der Waals surface area contributed by atoms with Gasteiger partial charge in [-0.1, -0.05) is 74.9 Å². The van der Waals surface area contributed by atoms with Gasteiger partial charge in [0.05, 0.1) is 10.6 Å². The Morgan fingerprint density at radius 2 is 1.59 bits per heavy atom. The lowest BCUT2D eigenvalue weighted by Gasteiger charge is -2.33. The summed E-state index contributed by atoms with van der Waals surface area (Å²) in [5, 5.41) is 2.95. The molecule has 0 aliphatic carbocycles. The number of nitrogens with zero attached hydrogens (tertiary/aromatic N) is 2. The summed E-state index contributed by atoms with van der Waals surface area (Å²) in [5.41, 5.74) is 3.15. The molecule has 3 aromatic rings. The minimum Gasteiger partial charge on any atom is -0.354 e. The van der Waals surface area contributed by atoms with E-state index in [9.17, 15) is 18.0 Å². The quantitative estimate of drug-likeness (QED) is 0.296. The number of rotatable bonds is 13. The predicted molar refractivity (Wildman–Crippen MR) is 156 cm³/mol. The molecule has 1 atom stereocenters. The van der Waals surface area contributed by atoms with Crippen molar-refractivity contribution in [1.82, 2.24) is 10.2 Å². The van der Waals surface area contributed by atoms with Crippen molar-refractivity contribution < 1.29 is 18.0 Å². The number of hydrogen-bond acceptors (Lipinski definition) is 4. The molecule has 2 amide bonds. The first-order valence-electron chi connectivity index (χ1n) is 13.4. The maximum Gasteiger partial charge on any atom is 0.264 e. The molecular formula is C31H39N3O4S. The molecule has 1 unspecified atom stereocenters. The van der Waals surface area contributed by atoms with E-state index in [-0.39, 0.29) is 17.3 Å². The monoisotopic (exact) mass is 549 g/mol. The lowest BCUT2D eigenvalue weighted by atomic mass is 10.1. The number of sulfonamides is 1. The Kier molecular flexibility index (Phi) is 10.7. The number of carbonyl (C=O) groups excluding carboxylic acids is 2. The van der Waals surface area contributed by atoms with Gasteiger partial charge < -0.3 is 10.2 Å². The highest BCUT2D eigenvalue weighted by Gasteiger charge is 2.33. The van der Waals surface area contributed by atoms with Crippen LogP contribution in [0.15, 0.2) is 83.8 Å². The molecule has 3 aromatic carbocycles. The fourth-order valence-electron chi connectivity index (χ4n) is 4.43. The van der Waals surface area contributed by atoms with E-state index in [1.54, 1.807) is 36.4 Å². The Balaban J connectivity index is 2.03. The second-order valence-corrected chi connectivity index (χ2v) is 11.5. The van der Waals surface area contributed by atoms with Crippen LogP contribution in [0, 0.1) is 13.8 Å². The normalized spacial score (nSPS) is 12.0. The van der Waals surface area contributed by atoms with Crippen molar-refractivity contribution in [1.29, 1.82) is 0 Å². The van der Waals surface area contributed by atoms with Crippen molar-refractivity contribution in [2.75, 3.05) is 17.4 Å². The van der Waals surface area contributed by atoms with E-state index in [0.29, 0.717) is 18.7 Å². The minimum absolute atomic E-state index is 0.0918. The predicted octanol–water partition coefficient (Wildman–Crippen LogP) is 5.22.